The number of nitrogens with one attached hydrogen (secondary N) is 1. The minimum atomic E-state index is -0.533. The fraction of sp³-hybridized carbons (Fsp3) is 0.500. The Morgan fingerprint density at radius 1 is 1.56 bits per heavy atom. The summed E-state index contributed by atoms with van der Waals surface area (Å²) in [5.74, 6) is 0.306. The number of hydrogen-bond acceptors (Lipinski definition) is 5. The lowest BCUT2D eigenvalue weighted by Gasteiger charge is -2.11. The first-order valence-electron chi connectivity index (χ1n) is 5.05. The van der Waals surface area contributed by atoms with E-state index in [1.807, 2.05) is 13.8 Å². The normalized spacial score (nSPS) is 11.9. The zero-order valence-electron chi connectivity index (χ0n) is 9.30. The molecule has 1 atom stereocenters. The van der Waals surface area contributed by atoms with Crippen molar-refractivity contribution in [2.45, 2.75) is 33.0 Å². The van der Waals surface area contributed by atoms with E-state index in [4.69, 9.17) is 9.84 Å². The van der Waals surface area contributed by atoms with Crippen LogP contribution in [-0.4, -0.2) is 27.3 Å². The Morgan fingerprint density at radius 2 is 2.19 bits per heavy atom. The van der Waals surface area contributed by atoms with Crippen molar-refractivity contribution in [1.82, 2.24) is 9.97 Å². The number of rotatable bonds is 4. The summed E-state index contributed by atoms with van der Waals surface area (Å²) in [6.45, 7) is 3.51. The molecule has 6 nitrogen and oxygen atoms in total. The third-order valence-corrected chi connectivity index (χ3v) is 1.98. The van der Waals surface area contributed by atoms with Crippen LogP contribution in [0.3, 0.4) is 0 Å². The Labute approximate surface area is 93.7 Å². The molecule has 2 N–H and O–H groups in total. The number of aliphatic hydroxyl groups is 1. The smallest absolute Gasteiger partial charge is 0.411 e. The lowest BCUT2D eigenvalue weighted by atomic mass is 10.3. The molecule has 0 fully saturated rings. The molecular weight excluding hydrogens is 210 g/mol. The number of carbonyl (C=O) groups excluding carboxylic acids is 1. The summed E-state index contributed by atoms with van der Waals surface area (Å²) < 4.78 is 5.01. The molecule has 0 spiro atoms. The molecule has 0 radical (unpaired) electrons. The Bertz CT molecular complexity index is 340. The number of anilines is 1. The Morgan fingerprint density at radius 3 is 2.69 bits per heavy atom. The molecule has 0 aliphatic rings. The van der Waals surface area contributed by atoms with Crippen molar-refractivity contribution in [3.63, 3.8) is 0 Å². The van der Waals surface area contributed by atoms with Crippen molar-refractivity contribution >= 4 is 11.8 Å². The summed E-state index contributed by atoms with van der Waals surface area (Å²) in [4.78, 5) is 18.9. The van der Waals surface area contributed by atoms with E-state index < -0.39 is 6.09 Å². The number of aromatic nitrogens is 2. The van der Waals surface area contributed by atoms with Crippen molar-refractivity contribution in [3.8, 4) is 0 Å². The molecule has 0 bridgehead atoms. The average molecular weight is 225 g/mol. The zero-order valence-corrected chi connectivity index (χ0v) is 9.30. The fourth-order valence-electron chi connectivity index (χ4n) is 0.914. The summed E-state index contributed by atoms with van der Waals surface area (Å²) in [6.07, 6.45) is 2.92. The molecule has 0 saturated carbocycles. The van der Waals surface area contributed by atoms with Crippen LogP contribution in [0.2, 0.25) is 0 Å². The second-order valence-corrected chi connectivity index (χ2v) is 3.30. The number of amides is 1. The summed E-state index contributed by atoms with van der Waals surface area (Å²) in [5, 5.41) is 11.2. The highest BCUT2D eigenvalue weighted by atomic mass is 16.6. The molecule has 1 rings (SSSR count). The summed E-state index contributed by atoms with van der Waals surface area (Å²) in [5.41, 5.74) is 0.436. The third kappa shape index (κ3) is 3.82. The Kier molecular flexibility index (Phi) is 4.65. The van der Waals surface area contributed by atoms with Crippen molar-refractivity contribution in [2.24, 2.45) is 0 Å². The summed E-state index contributed by atoms with van der Waals surface area (Å²) >= 11 is 0. The lowest BCUT2D eigenvalue weighted by Crippen LogP contribution is -2.19. The van der Waals surface area contributed by atoms with Crippen LogP contribution in [0.25, 0.3) is 0 Å². The maximum Gasteiger partial charge on any atom is 0.411 e. The van der Waals surface area contributed by atoms with E-state index in [0.29, 0.717) is 11.5 Å². The maximum atomic E-state index is 11.3. The second-order valence-electron chi connectivity index (χ2n) is 3.30. The van der Waals surface area contributed by atoms with Crippen LogP contribution < -0.4 is 5.32 Å². The highest BCUT2D eigenvalue weighted by Gasteiger charge is 2.07. The Hall–Kier alpha value is -1.69. The highest BCUT2D eigenvalue weighted by molar-refractivity contribution is 5.84. The molecule has 1 heterocycles. The average Bonchev–Trinajstić information content (AvgIpc) is 2.29. The van der Waals surface area contributed by atoms with Gasteiger partial charge in [0.05, 0.1) is 18.1 Å². The van der Waals surface area contributed by atoms with Gasteiger partial charge in [0, 0.05) is 0 Å². The number of ether oxygens (including phenoxy) is 1. The van der Waals surface area contributed by atoms with Crippen molar-refractivity contribution in [2.75, 3.05) is 5.32 Å². The number of hydrogen-bond donors (Lipinski definition) is 2. The van der Waals surface area contributed by atoms with Crippen molar-refractivity contribution in [3.05, 3.63) is 18.2 Å². The molecule has 6 heteroatoms. The molecule has 1 amide bonds. The van der Waals surface area contributed by atoms with Crippen LogP contribution in [0, 0.1) is 0 Å². The van der Waals surface area contributed by atoms with Crippen LogP contribution in [-0.2, 0) is 11.3 Å². The van der Waals surface area contributed by atoms with Crippen LogP contribution in [0.15, 0.2) is 12.4 Å². The SMILES string of the molecule is CCC(C)OC(=O)Nc1cnc(CO)nc1. The Balaban J connectivity index is 2.49. The topological polar surface area (TPSA) is 84.3 Å². The van der Waals surface area contributed by atoms with Gasteiger partial charge in [-0.3, -0.25) is 5.32 Å². The molecule has 16 heavy (non-hydrogen) atoms. The van der Waals surface area contributed by atoms with E-state index in [1.54, 1.807) is 0 Å². The van der Waals surface area contributed by atoms with E-state index in [9.17, 15) is 4.79 Å². The van der Waals surface area contributed by atoms with Gasteiger partial charge in [-0.25, -0.2) is 14.8 Å². The minimum Gasteiger partial charge on any atom is -0.446 e. The van der Waals surface area contributed by atoms with Gasteiger partial charge in [-0.05, 0) is 13.3 Å². The van der Waals surface area contributed by atoms with E-state index in [0.717, 1.165) is 6.42 Å². The molecule has 1 unspecified atom stereocenters. The first-order chi connectivity index (χ1) is 7.65. The largest absolute Gasteiger partial charge is 0.446 e. The number of nitrogens with zero attached hydrogens (tertiary/aromatic N) is 2. The van der Waals surface area contributed by atoms with E-state index in [-0.39, 0.29) is 12.7 Å². The highest BCUT2D eigenvalue weighted by Crippen LogP contribution is 2.05. The quantitative estimate of drug-likeness (QED) is 0.807. The van der Waals surface area contributed by atoms with E-state index >= 15 is 0 Å². The zero-order chi connectivity index (χ0) is 12.0. The predicted molar refractivity (Wildman–Crippen MR) is 57.8 cm³/mol. The molecule has 0 aromatic carbocycles. The predicted octanol–water partition coefficient (Wildman–Crippen LogP) is 1.32. The second kappa shape index (κ2) is 6.02. The third-order valence-electron chi connectivity index (χ3n) is 1.98. The summed E-state index contributed by atoms with van der Waals surface area (Å²) in [6, 6.07) is 0. The van der Waals surface area contributed by atoms with Gasteiger partial charge in [-0.2, -0.15) is 0 Å². The van der Waals surface area contributed by atoms with E-state index in [1.165, 1.54) is 12.4 Å². The van der Waals surface area contributed by atoms with Crippen molar-refractivity contribution in [1.29, 1.82) is 0 Å². The maximum absolute atomic E-state index is 11.3. The van der Waals surface area contributed by atoms with Gasteiger partial charge in [0.2, 0.25) is 0 Å². The molecular formula is C10H15N3O3. The van der Waals surface area contributed by atoms with Crippen molar-refractivity contribution < 1.29 is 14.6 Å². The molecule has 0 aliphatic carbocycles. The first kappa shape index (κ1) is 12.4. The molecule has 1 aromatic heterocycles. The van der Waals surface area contributed by atoms with Gasteiger partial charge in [0.15, 0.2) is 5.82 Å². The molecule has 0 aliphatic heterocycles. The standard InChI is InChI=1S/C10H15N3O3/c1-3-7(2)16-10(15)13-8-4-11-9(6-14)12-5-8/h4-5,7,14H,3,6H2,1-2H3,(H,13,15). The van der Waals surface area contributed by atoms with Crippen LogP contribution in [0.4, 0.5) is 10.5 Å². The van der Waals surface area contributed by atoms with E-state index in [2.05, 4.69) is 15.3 Å². The van der Waals surface area contributed by atoms with Gasteiger partial charge in [0.1, 0.15) is 12.7 Å². The molecule has 1 aromatic rings. The van der Waals surface area contributed by atoms with Gasteiger partial charge in [-0.15, -0.1) is 0 Å². The van der Waals surface area contributed by atoms with Gasteiger partial charge < -0.3 is 9.84 Å². The van der Waals surface area contributed by atoms with Gasteiger partial charge >= 0.3 is 6.09 Å². The van der Waals surface area contributed by atoms with Gasteiger partial charge in [-0.1, -0.05) is 6.92 Å². The first-order valence-corrected chi connectivity index (χ1v) is 5.05. The van der Waals surface area contributed by atoms with Crippen LogP contribution in [0.5, 0.6) is 0 Å². The van der Waals surface area contributed by atoms with Gasteiger partial charge in [0.25, 0.3) is 0 Å². The summed E-state index contributed by atoms with van der Waals surface area (Å²) in [7, 11) is 0. The monoisotopic (exact) mass is 225 g/mol. The number of carbonyl (C=O) groups is 1. The molecule has 0 saturated heterocycles. The van der Waals surface area contributed by atoms with Crippen LogP contribution >= 0.6 is 0 Å². The minimum absolute atomic E-state index is 0.127. The fourth-order valence-corrected chi connectivity index (χ4v) is 0.914. The number of aliphatic hydroxyl groups excluding tert-OH is 1. The molecule has 88 valence electrons. The van der Waals surface area contributed by atoms with Crippen LogP contribution in [0.1, 0.15) is 26.1 Å². The lowest BCUT2D eigenvalue weighted by molar-refractivity contribution is 0.118.